The molecule has 28 heavy (non-hydrogen) atoms. The van der Waals surface area contributed by atoms with Crippen LogP contribution in [0, 0.1) is 5.82 Å². The van der Waals surface area contributed by atoms with Crippen LogP contribution in [0.1, 0.15) is 38.0 Å². The fraction of sp³-hybridized carbons (Fsp3) is 0.550. The van der Waals surface area contributed by atoms with Crippen LogP contribution in [0.4, 0.5) is 4.39 Å². The number of carbonyl (C=O) groups excluding carboxylic acids is 1. The molecule has 0 unspecified atom stereocenters. The second-order valence-corrected chi connectivity index (χ2v) is 6.97. The smallest absolute Gasteiger partial charge is 0.226 e. The van der Waals surface area contributed by atoms with Gasteiger partial charge in [-0.15, -0.1) is 0 Å². The van der Waals surface area contributed by atoms with Gasteiger partial charge < -0.3 is 19.9 Å². The number of carbonyl (C=O) groups is 1. The van der Waals surface area contributed by atoms with Gasteiger partial charge in [-0.1, -0.05) is 5.16 Å². The fourth-order valence-electron chi connectivity index (χ4n) is 3.23. The molecule has 0 spiro atoms. The van der Waals surface area contributed by atoms with Gasteiger partial charge in [0, 0.05) is 38.1 Å². The fourth-order valence-corrected chi connectivity index (χ4v) is 3.23. The van der Waals surface area contributed by atoms with E-state index in [1.165, 1.54) is 12.1 Å². The van der Waals surface area contributed by atoms with Gasteiger partial charge in [0.05, 0.1) is 6.10 Å². The summed E-state index contributed by atoms with van der Waals surface area (Å²) in [6.07, 6.45) is 4.50. The maximum Gasteiger partial charge on any atom is 0.226 e. The number of rotatable bonds is 9. The van der Waals surface area contributed by atoms with Crippen LogP contribution in [0.25, 0.3) is 11.4 Å². The quantitative estimate of drug-likeness (QED) is 0.661. The second-order valence-electron chi connectivity index (χ2n) is 6.97. The Balaban J connectivity index is 1.37. The van der Waals surface area contributed by atoms with Crippen LogP contribution < -0.4 is 5.73 Å². The van der Waals surface area contributed by atoms with E-state index in [1.54, 1.807) is 12.1 Å². The third-order valence-corrected chi connectivity index (χ3v) is 4.85. The number of amides is 1. The van der Waals surface area contributed by atoms with Crippen molar-refractivity contribution in [3.8, 4) is 11.4 Å². The lowest BCUT2D eigenvalue weighted by molar-refractivity contribution is -0.133. The molecule has 1 saturated heterocycles. The Hall–Kier alpha value is -2.32. The van der Waals surface area contributed by atoms with Gasteiger partial charge in [0.2, 0.25) is 17.6 Å². The first-order chi connectivity index (χ1) is 13.7. The van der Waals surface area contributed by atoms with Crippen molar-refractivity contribution in [2.75, 3.05) is 26.2 Å². The lowest BCUT2D eigenvalue weighted by Crippen LogP contribution is -2.41. The molecule has 2 N–H and O–H groups in total. The summed E-state index contributed by atoms with van der Waals surface area (Å²) < 4.78 is 24.0. The van der Waals surface area contributed by atoms with E-state index < -0.39 is 0 Å². The molecule has 3 rings (SSSR count). The highest BCUT2D eigenvalue weighted by molar-refractivity contribution is 5.76. The van der Waals surface area contributed by atoms with Crippen molar-refractivity contribution in [2.24, 2.45) is 5.73 Å². The Morgan fingerprint density at radius 2 is 2.00 bits per heavy atom. The zero-order valence-electron chi connectivity index (χ0n) is 16.0. The Labute approximate surface area is 164 Å². The molecule has 8 heteroatoms. The average molecular weight is 390 g/mol. The summed E-state index contributed by atoms with van der Waals surface area (Å²) in [7, 11) is 0. The molecule has 2 heterocycles. The largest absolute Gasteiger partial charge is 0.378 e. The van der Waals surface area contributed by atoms with Crippen LogP contribution >= 0.6 is 0 Å². The summed E-state index contributed by atoms with van der Waals surface area (Å²) >= 11 is 0. The van der Waals surface area contributed by atoms with Crippen molar-refractivity contribution in [3.63, 3.8) is 0 Å². The molecule has 1 aromatic heterocycles. The van der Waals surface area contributed by atoms with E-state index in [4.69, 9.17) is 15.0 Å². The summed E-state index contributed by atoms with van der Waals surface area (Å²) in [5, 5.41) is 3.92. The van der Waals surface area contributed by atoms with E-state index in [9.17, 15) is 9.18 Å². The molecule has 7 nitrogen and oxygen atoms in total. The first-order valence-electron chi connectivity index (χ1n) is 9.83. The van der Waals surface area contributed by atoms with Crippen molar-refractivity contribution in [1.29, 1.82) is 0 Å². The topological polar surface area (TPSA) is 94.5 Å². The number of piperidine rings is 1. The number of nitrogens with zero attached hydrogens (tertiary/aromatic N) is 3. The number of aromatic nitrogens is 2. The van der Waals surface area contributed by atoms with Gasteiger partial charge in [0.25, 0.3) is 0 Å². The first-order valence-corrected chi connectivity index (χ1v) is 9.83. The first kappa shape index (κ1) is 20.4. The van der Waals surface area contributed by atoms with E-state index in [1.807, 2.05) is 4.90 Å². The van der Waals surface area contributed by atoms with Crippen molar-refractivity contribution in [2.45, 2.75) is 44.6 Å². The summed E-state index contributed by atoms with van der Waals surface area (Å²) in [4.78, 5) is 18.6. The number of halogens is 1. The Morgan fingerprint density at radius 1 is 1.25 bits per heavy atom. The Morgan fingerprint density at radius 3 is 2.71 bits per heavy atom. The predicted molar refractivity (Wildman–Crippen MR) is 102 cm³/mol. The molecule has 0 aliphatic carbocycles. The molecule has 0 bridgehead atoms. The van der Waals surface area contributed by atoms with E-state index in [0.29, 0.717) is 49.7 Å². The van der Waals surface area contributed by atoms with E-state index in [2.05, 4.69) is 10.1 Å². The molecule has 1 amide bonds. The van der Waals surface area contributed by atoms with Crippen LogP contribution in [0.2, 0.25) is 0 Å². The minimum Gasteiger partial charge on any atom is -0.378 e. The van der Waals surface area contributed by atoms with E-state index in [-0.39, 0.29) is 17.8 Å². The van der Waals surface area contributed by atoms with Gasteiger partial charge in [-0.05, 0) is 56.5 Å². The monoisotopic (exact) mass is 390 g/mol. The van der Waals surface area contributed by atoms with Crippen molar-refractivity contribution >= 4 is 5.91 Å². The minimum atomic E-state index is -0.308. The van der Waals surface area contributed by atoms with Gasteiger partial charge in [0.1, 0.15) is 5.82 Å². The standard InChI is InChI=1S/C20H27FN4O3/c21-16-7-5-15(6-8-16)20-23-18(28-24-20)3-1-4-19(26)25-12-9-17(10-13-25)27-14-2-11-22/h5-8,17H,1-4,9-14,22H2. The summed E-state index contributed by atoms with van der Waals surface area (Å²) in [5.74, 6) is 0.757. The molecule has 0 saturated carbocycles. The Bertz CT molecular complexity index is 742. The molecular weight excluding hydrogens is 363 g/mol. The molecule has 1 aliphatic heterocycles. The van der Waals surface area contributed by atoms with Gasteiger partial charge in [-0.25, -0.2) is 4.39 Å². The van der Waals surface area contributed by atoms with Gasteiger partial charge >= 0.3 is 0 Å². The minimum absolute atomic E-state index is 0.152. The number of hydrogen-bond donors (Lipinski definition) is 1. The third kappa shape index (κ3) is 5.84. The zero-order valence-corrected chi connectivity index (χ0v) is 16.0. The molecular formula is C20H27FN4O3. The highest BCUT2D eigenvalue weighted by Crippen LogP contribution is 2.18. The van der Waals surface area contributed by atoms with Gasteiger partial charge in [-0.3, -0.25) is 4.79 Å². The number of ether oxygens (including phenoxy) is 1. The molecule has 1 fully saturated rings. The van der Waals surface area contributed by atoms with Crippen LogP contribution in [0.15, 0.2) is 28.8 Å². The number of aryl methyl sites for hydroxylation is 1. The summed E-state index contributed by atoms with van der Waals surface area (Å²) in [6.45, 7) is 2.81. The lowest BCUT2D eigenvalue weighted by Gasteiger charge is -2.32. The SMILES string of the molecule is NCCCOC1CCN(C(=O)CCCc2nc(-c3ccc(F)cc3)no2)CC1. The third-order valence-electron chi connectivity index (χ3n) is 4.85. The number of hydrogen-bond acceptors (Lipinski definition) is 6. The van der Waals surface area contributed by atoms with Gasteiger partial charge in [-0.2, -0.15) is 4.98 Å². The van der Waals surface area contributed by atoms with E-state index >= 15 is 0 Å². The lowest BCUT2D eigenvalue weighted by atomic mass is 10.1. The number of likely N-dealkylation sites (tertiary alicyclic amines) is 1. The van der Waals surface area contributed by atoms with Gasteiger partial charge in [0.15, 0.2) is 0 Å². The Kier molecular flexibility index (Phi) is 7.50. The van der Waals surface area contributed by atoms with Crippen LogP contribution in [-0.2, 0) is 16.0 Å². The number of nitrogens with two attached hydrogens (primary N) is 1. The molecule has 0 atom stereocenters. The molecule has 0 radical (unpaired) electrons. The molecule has 1 aliphatic rings. The van der Waals surface area contributed by atoms with Crippen LogP contribution in [-0.4, -0.2) is 53.3 Å². The predicted octanol–water partition coefficient (Wildman–Crippen LogP) is 2.55. The maximum absolute atomic E-state index is 13.0. The van der Waals surface area contributed by atoms with E-state index in [0.717, 1.165) is 32.4 Å². The average Bonchev–Trinajstić information content (AvgIpc) is 3.18. The summed E-state index contributed by atoms with van der Waals surface area (Å²) in [5.41, 5.74) is 6.17. The molecule has 2 aromatic rings. The highest BCUT2D eigenvalue weighted by atomic mass is 19.1. The number of benzene rings is 1. The summed E-state index contributed by atoms with van der Waals surface area (Å²) in [6, 6.07) is 5.93. The van der Waals surface area contributed by atoms with Crippen molar-refractivity contribution in [3.05, 3.63) is 36.0 Å². The van der Waals surface area contributed by atoms with Crippen molar-refractivity contribution < 1.29 is 18.4 Å². The van der Waals surface area contributed by atoms with Crippen LogP contribution in [0.3, 0.4) is 0 Å². The zero-order chi connectivity index (χ0) is 19.8. The van der Waals surface area contributed by atoms with Crippen molar-refractivity contribution in [1.82, 2.24) is 15.0 Å². The normalized spacial score (nSPS) is 15.1. The van der Waals surface area contributed by atoms with Crippen LogP contribution in [0.5, 0.6) is 0 Å². The molecule has 152 valence electrons. The maximum atomic E-state index is 13.0. The molecule has 1 aromatic carbocycles. The highest BCUT2D eigenvalue weighted by Gasteiger charge is 2.23. The second kappa shape index (κ2) is 10.3.